The van der Waals surface area contributed by atoms with Gasteiger partial charge in [-0.05, 0) is 30.5 Å². The number of hydrogen-bond donors (Lipinski definition) is 1. The van der Waals surface area contributed by atoms with Crippen LogP contribution in [0.15, 0.2) is 24.3 Å². The van der Waals surface area contributed by atoms with Gasteiger partial charge in [0, 0.05) is 19.8 Å². The third kappa shape index (κ3) is 4.47. The summed E-state index contributed by atoms with van der Waals surface area (Å²) in [5, 5.41) is -0.281. The fraction of sp³-hybridized carbons (Fsp3) is 0.562. The SMILES string of the molecule is CN(C)C(=O)Cc1ccc(NS(=O)(=O)C2CCCCC2)cc1. The Morgan fingerprint density at radius 3 is 2.27 bits per heavy atom. The number of likely N-dealkylation sites (N-methyl/N-ethyl adjacent to an activating group) is 1. The molecule has 1 amide bonds. The van der Waals surface area contributed by atoms with Gasteiger partial charge in [0.15, 0.2) is 0 Å². The van der Waals surface area contributed by atoms with Gasteiger partial charge in [-0.1, -0.05) is 31.4 Å². The molecule has 2 rings (SSSR count). The summed E-state index contributed by atoms with van der Waals surface area (Å²) in [4.78, 5) is 13.2. The second-order valence-corrected chi connectivity index (χ2v) is 8.03. The van der Waals surface area contributed by atoms with Gasteiger partial charge in [0.1, 0.15) is 0 Å². The summed E-state index contributed by atoms with van der Waals surface area (Å²) in [5.41, 5.74) is 1.44. The minimum absolute atomic E-state index is 0.0236. The number of rotatable bonds is 5. The van der Waals surface area contributed by atoms with Gasteiger partial charge in [-0.15, -0.1) is 0 Å². The molecule has 1 aliphatic carbocycles. The van der Waals surface area contributed by atoms with Crippen LogP contribution in [0.4, 0.5) is 5.69 Å². The van der Waals surface area contributed by atoms with Crippen LogP contribution in [-0.2, 0) is 21.2 Å². The van der Waals surface area contributed by atoms with Crippen molar-refractivity contribution in [3.8, 4) is 0 Å². The Bertz CT molecular complexity index is 603. The molecule has 5 nitrogen and oxygen atoms in total. The van der Waals surface area contributed by atoms with Crippen LogP contribution in [0.2, 0.25) is 0 Å². The van der Waals surface area contributed by atoms with E-state index in [1.54, 1.807) is 43.3 Å². The van der Waals surface area contributed by atoms with Crippen LogP contribution in [0.1, 0.15) is 37.7 Å². The highest BCUT2D eigenvalue weighted by molar-refractivity contribution is 7.93. The normalized spacial score (nSPS) is 16.3. The zero-order valence-corrected chi connectivity index (χ0v) is 14.0. The molecule has 0 radical (unpaired) electrons. The summed E-state index contributed by atoms with van der Waals surface area (Å²) in [5.74, 6) is 0.0236. The molecule has 0 spiro atoms. The van der Waals surface area contributed by atoms with E-state index in [0.29, 0.717) is 12.1 Å². The lowest BCUT2D eigenvalue weighted by molar-refractivity contribution is -0.127. The minimum Gasteiger partial charge on any atom is -0.349 e. The molecular formula is C16H24N2O3S. The average Bonchev–Trinajstić information content (AvgIpc) is 2.50. The molecule has 6 heteroatoms. The molecule has 1 N–H and O–H groups in total. The molecule has 0 atom stereocenters. The van der Waals surface area contributed by atoms with Crippen molar-refractivity contribution in [1.29, 1.82) is 0 Å². The first-order valence-corrected chi connectivity index (χ1v) is 9.24. The lowest BCUT2D eigenvalue weighted by Crippen LogP contribution is -2.29. The predicted molar refractivity (Wildman–Crippen MR) is 88.3 cm³/mol. The zero-order valence-electron chi connectivity index (χ0n) is 13.2. The Balaban J connectivity index is 2.00. The maximum atomic E-state index is 12.3. The highest BCUT2D eigenvalue weighted by atomic mass is 32.2. The van der Waals surface area contributed by atoms with Crippen molar-refractivity contribution in [2.45, 2.75) is 43.8 Å². The first kappa shape index (κ1) is 16.8. The Morgan fingerprint density at radius 2 is 1.73 bits per heavy atom. The van der Waals surface area contributed by atoms with E-state index in [4.69, 9.17) is 0 Å². The van der Waals surface area contributed by atoms with Gasteiger partial charge in [-0.3, -0.25) is 9.52 Å². The standard InChI is InChI=1S/C16H24N2O3S/c1-18(2)16(19)12-13-8-10-14(11-9-13)17-22(20,21)15-6-4-3-5-7-15/h8-11,15,17H,3-7,12H2,1-2H3. The molecule has 0 unspecified atom stereocenters. The highest BCUT2D eigenvalue weighted by Crippen LogP contribution is 2.25. The molecule has 1 saturated carbocycles. The van der Waals surface area contributed by atoms with Crippen LogP contribution in [0.3, 0.4) is 0 Å². The van der Waals surface area contributed by atoms with Crippen LogP contribution in [0.25, 0.3) is 0 Å². The first-order chi connectivity index (χ1) is 10.4. The van der Waals surface area contributed by atoms with E-state index in [-0.39, 0.29) is 11.2 Å². The van der Waals surface area contributed by atoms with Crippen LogP contribution >= 0.6 is 0 Å². The molecule has 22 heavy (non-hydrogen) atoms. The van der Waals surface area contributed by atoms with E-state index in [9.17, 15) is 13.2 Å². The summed E-state index contributed by atoms with van der Waals surface area (Å²) >= 11 is 0. The lowest BCUT2D eigenvalue weighted by Gasteiger charge is -2.22. The fourth-order valence-electron chi connectivity index (χ4n) is 2.65. The quantitative estimate of drug-likeness (QED) is 0.904. The number of sulfonamides is 1. The van der Waals surface area contributed by atoms with Crippen molar-refractivity contribution in [2.24, 2.45) is 0 Å². The largest absolute Gasteiger partial charge is 0.349 e. The topological polar surface area (TPSA) is 66.5 Å². The van der Waals surface area contributed by atoms with Crippen molar-refractivity contribution in [2.75, 3.05) is 18.8 Å². The number of hydrogen-bond acceptors (Lipinski definition) is 3. The Hall–Kier alpha value is -1.56. The molecule has 1 aromatic rings. The monoisotopic (exact) mass is 324 g/mol. The van der Waals surface area contributed by atoms with Gasteiger partial charge in [0.25, 0.3) is 0 Å². The Kier molecular flexibility index (Phi) is 5.45. The smallest absolute Gasteiger partial charge is 0.235 e. The van der Waals surface area contributed by atoms with Crippen LogP contribution in [-0.4, -0.2) is 38.6 Å². The maximum Gasteiger partial charge on any atom is 0.235 e. The average molecular weight is 324 g/mol. The molecule has 0 bridgehead atoms. The van der Waals surface area contributed by atoms with Gasteiger partial charge in [0.2, 0.25) is 15.9 Å². The first-order valence-electron chi connectivity index (χ1n) is 7.69. The molecule has 0 aliphatic heterocycles. The van der Waals surface area contributed by atoms with Crippen molar-refractivity contribution in [3.63, 3.8) is 0 Å². The molecule has 0 heterocycles. The van der Waals surface area contributed by atoms with Crippen molar-refractivity contribution in [3.05, 3.63) is 29.8 Å². The van der Waals surface area contributed by atoms with Gasteiger partial charge < -0.3 is 4.90 Å². The molecule has 1 aromatic carbocycles. The summed E-state index contributed by atoms with van der Waals surface area (Å²) in [6.07, 6.45) is 4.90. The zero-order chi connectivity index (χ0) is 16.2. The molecule has 1 fully saturated rings. The summed E-state index contributed by atoms with van der Waals surface area (Å²) in [7, 11) is 0.124. The van der Waals surface area contributed by atoms with Gasteiger partial charge in [0.05, 0.1) is 11.7 Å². The highest BCUT2D eigenvalue weighted by Gasteiger charge is 2.27. The third-order valence-electron chi connectivity index (χ3n) is 4.06. The number of anilines is 1. The number of benzene rings is 1. The minimum atomic E-state index is -3.31. The van der Waals surface area contributed by atoms with E-state index in [1.807, 2.05) is 0 Å². The second kappa shape index (κ2) is 7.13. The number of carbonyl (C=O) groups excluding carboxylic acids is 1. The number of nitrogens with zero attached hydrogens (tertiary/aromatic N) is 1. The molecular weight excluding hydrogens is 300 g/mol. The second-order valence-electron chi connectivity index (χ2n) is 6.07. The van der Waals surface area contributed by atoms with Crippen LogP contribution in [0.5, 0.6) is 0 Å². The van der Waals surface area contributed by atoms with E-state index < -0.39 is 10.0 Å². The van der Waals surface area contributed by atoms with E-state index in [0.717, 1.165) is 37.7 Å². The van der Waals surface area contributed by atoms with E-state index in [1.165, 1.54) is 0 Å². The summed E-state index contributed by atoms with van der Waals surface area (Å²) in [6, 6.07) is 7.03. The number of carbonyl (C=O) groups is 1. The van der Waals surface area contributed by atoms with Crippen molar-refractivity contribution in [1.82, 2.24) is 4.90 Å². The van der Waals surface area contributed by atoms with Gasteiger partial charge >= 0.3 is 0 Å². The molecule has 122 valence electrons. The van der Waals surface area contributed by atoms with E-state index in [2.05, 4.69) is 4.72 Å². The summed E-state index contributed by atoms with van der Waals surface area (Å²) < 4.78 is 27.3. The molecule has 0 saturated heterocycles. The van der Waals surface area contributed by atoms with E-state index >= 15 is 0 Å². The predicted octanol–water partition coefficient (Wildman–Crippen LogP) is 2.39. The van der Waals surface area contributed by atoms with Gasteiger partial charge in [-0.2, -0.15) is 0 Å². The lowest BCUT2D eigenvalue weighted by atomic mass is 10.0. The van der Waals surface area contributed by atoms with Crippen LogP contribution in [0, 0.1) is 0 Å². The summed E-state index contributed by atoms with van der Waals surface area (Å²) in [6.45, 7) is 0. The van der Waals surface area contributed by atoms with Crippen LogP contribution < -0.4 is 4.72 Å². The Labute approximate surface area is 132 Å². The fourth-order valence-corrected chi connectivity index (χ4v) is 4.23. The van der Waals surface area contributed by atoms with Crippen molar-refractivity contribution < 1.29 is 13.2 Å². The third-order valence-corrected chi connectivity index (χ3v) is 5.93. The van der Waals surface area contributed by atoms with Crippen molar-refractivity contribution >= 4 is 21.6 Å². The maximum absolute atomic E-state index is 12.3. The molecule has 0 aromatic heterocycles. The number of amides is 1. The Morgan fingerprint density at radius 1 is 1.14 bits per heavy atom. The molecule has 1 aliphatic rings. The number of nitrogens with one attached hydrogen (secondary N) is 1. The van der Waals surface area contributed by atoms with Gasteiger partial charge in [-0.25, -0.2) is 8.42 Å².